The molecule has 1 amide bonds. The fourth-order valence-electron chi connectivity index (χ4n) is 2.53. The van der Waals surface area contributed by atoms with Crippen molar-refractivity contribution in [1.82, 2.24) is 14.7 Å². The van der Waals surface area contributed by atoms with E-state index in [4.69, 9.17) is 10.8 Å². The molecule has 1 aromatic heterocycles. The number of nitrogens with two attached hydrogens (primary N) is 1. The second kappa shape index (κ2) is 5.86. The molecule has 1 aromatic rings. The van der Waals surface area contributed by atoms with Crippen LogP contribution in [0.25, 0.3) is 0 Å². The van der Waals surface area contributed by atoms with Crippen LogP contribution in [0, 0.1) is 0 Å². The number of carbonyl (C=O) groups excluding carboxylic acids is 1. The number of carbonyl (C=O) groups is 1. The Kier molecular flexibility index (Phi) is 4.19. The molecular weight excluding hydrogens is 232 g/mol. The van der Waals surface area contributed by atoms with Crippen LogP contribution in [0.4, 0.5) is 5.69 Å². The fourth-order valence-corrected chi connectivity index (χ4v) is 2.53. The van der Waals surface area contributed by atoms with Crippen molar-refractivity contribution in [2.45, 2.75) is 38.3 Å². The maximum atomic E-state index is 12.2. The van der Waals surface area contributed by atoms with Gasteiger partial charge in [-0.05, 0) is 12.8 Å². The molecule has 0 radical (unpaired) electrons. The van der Waals surface area contributed by atoms with Crippen molar-refractivity contribution >= 4 is 11.6 Å². The molecule has 1 fully saturated rings. The maximum Gasteiger partial charge on any atom is 0.244 e. The van der Waals surface area contributed by atoms with Gasteiger partial charge in [-0.1, -0.05) is 12.8 Å². The Morgan fingerprint density at radius 1 is 1.56 bits per heavy atom. The van der Waals surface area contributed by atoms with Gasteiger partial charge in [0.1, 0.15) is 6.54 Å². The molecule has 1 saturated carbocycles. The van der Waals surface area contributed by atoms with E-state index < -0.39 is 0 Å². The van der Waals surface area contributed by atoms with Gasteiger partial charge < -0.3 is 15.7 Å². The number of nitrogens with zero attached hydrogens (tertiary/aromatic N) is 3. The SMILES string of the molecule is Nc1cnn(CC(=O)N(CCO)C2CCCC2)c1. The number of aliphatic hydroxyl groups is 1. The van der Waals surface area contributed by atoms with E-state index in [9.17, 15) is 4.79 Å². The van der Waals surface area contributed by atoms with Crippen LogP contribution in [0.3, 0.4) is 0 Å². The van der Waals surface area contributed by atoms with Crippen molar-refractivity contribution in [1.29, 1.82) is 0 Å². The summed E-state index contributed by atoms with van der Waals surface area (Å²) in [6, 6.07) is 0.276. The summed E-state index contributed by atoms with van der Waals surface area (Å²) in [5.41, 5.74) is 6.12. The Morgan fingerprint density at radius 3 is 2.83 bits per heavy atom. The number of aliphatic hydroxyl groups excluding tert-OH is 1. The number of nitrogen functional groups attached to an aromatic ring is 1. The van der Waals surface area contributed by atoms with Crippen LogP contribution < -0.4 is 5.73 Å². The fraction of sp³-hybridized carbons (Fsp3) is 0.667. The lowest BCUT2D eigenvalue weighted by Crippen LogP contribution is -2.42. The minimum absolute atomic E-state index is 0.000880. The molecule has 6 heteroatoms. The van der Waals surface area contributed by atoms with Crippen LogP contribution in [0.1, 0.15) is 25.7 Å². The van der Waals surface area contributed by atoms with Crippen molar-refractivity contribution < 1.29 is 9.90 Å². The number of aromatic nitrogens is 2. The third-order valence-corrected chi connectivity index (χ3v) is 3.38. The Morgan fingerprint density at radius 2 is 2.28 bits per heavy atom. The van der Waals surface area contributed by atoms with Gasteiger partial charge in [0.15, 0.2) is 0 Å². The molecule has 3 N–H and O–H groups in total. The summed E-state index contributed by atoms with van der Waals surface area (Å²) in [4.78, 5) is 14.0. The van der Waals surface area contributed by atoms with Crippen LogP contribution in [-0.2, 0) is 11.3 Å². The van der Waals surface area contributed by atoms with Gasteiger partial charge in [-0.15, -0.1) is 0 Å². The first kappa shape index (κ1) is 12.9. The highest BCUT2D eigenvalue weighted by Gasteiger charge is 2.26. The third-order valence-electron chi connectivity index (χ3n) is 3.38. The van der Waals surface area contributed by atoms with Crippen LogP contribution in [0.5, 0.6) is 0 Å². The van der Waals surface area contributed by atoms with E-state index in [2.05, 4.69) is 5.10 Å². The first-order valence-corrected chi connectivity index (χ1v) is 6.39. The van der Waals surface area contributed by atoms with Crippen molar-refractivity contribution in [3.8, 4) is 0 Å². The van der Waals surface area contributed by atoms with Gasteiger partial charge in [-0.3, -0.25) is 9.48 Å². The number of rotatable bonds is 5. The minimum atomic E-state index is -0.000880. The Balaban J connectivity index is 1.98. The molecular formula is C12H20N4O2. The third kappa shape index (κ3) is 3.01. The number of hydrogen-bond donors (Lipinski definition) is 2. The van der Waals surface area contributed by atoms with Gasteiger partial charge in [0.05, 0.1) is 18.5 Å². The molecule has 2 rings (SSSR count). The van der Waals surface area contributed by atoms with Gasteiger partial charge in [-0.2, -0.15) is 5.10 Å². The Bertz CT molecular complexity index is 399. The predicted molar refractivity (Wildman–Crippen MR) is 67.7 cm³/mol. The molecule has 0 atom stereocenters. The lowest BCUT2D eigenvalue weighted by atomic mass is 10.2. The second-order valence-electron chi connectivity index (χ2n) is 4.72. The van der Waals surface area contributed by atoms with Crippen LogP contribution in [0.15, 0.2) is 12.4 Å². The minimum Gasteiger partial charge on any atom is -0.396 e. The van der Waals surface area contributed by atoms with E-state index in [1.807, 2.05) is 0 Å². The van der Waals surface area contributed by atoms with E-state index in [1.165, 1.54) is 10.9 Å². The summed E-state index contributed by atoms with van der Waals surface area (Å²) >= 11 is 0. The van der Waals surface area contributed by atoms with E-state index in [0.717, 1.165) is 25.7 Å². The Labute approximate surface area is 106 Å². The quantitative estimate of drug-likeness (QED) is 0.785. The summed E-state index contributed by atoms with van der Waals surface area (Å²) < 4.78 is 1.54. The highest BCUT2D eigenvalue weighted by atomic mass is 16.3. The van der Waals surface area contributed by atoms with Crippen LogP contribution >= 0.6 is 0 Å². The average molecular weight is 252 g/mol. The number of hydrogen-bond acceptors (Lipinski definition) is 4. The first-order valence-electron chi connectivity index (χ1n) is 6.39. The molecule has 0 aromatic carbocycles. The molecule has 0 bridgehead atoms. The summed E-state index contributed by atoms with van der Waals surface area (Å²) in [7, 11) is 0. The zero-order chi connectivity index (χ0) is 13.0. The molecule has 1 heterocycles. The van der Waals surface area contributed by atoms with Crippen molar-refractivity contribution in [2.75, 3.05) is 18.9 Å². The van der Waals surface area contributed by atoms with Crippen LogP contribution in [0.2, 0.25) is 0 Å². The summed E-state index contributed by atoms with van der Waals surface area (Å²) in [6.45, 7) is 0.595. The Hall–Kier alpha value is -1.56. The van der Waals surface area contributed by atoms with E-state index >= 15 is 0 Å². The van der Waals surface area contributed by atoms with Crippen molar-refractivity contribution in [2.24, 2.45) is 0 Å². The van der Waals surface area contributed by atoms with E-state index in [-0.39, 0.29) is 25.1 Å². The zero-order valence-corrected chi connectivity index (χ0v) is 10.5. The highest BCUT2D eigenvalue weighted by Crippen LogP contribution is 2.23. The molecule has 1 aliphatic carbocycles. The van der Waals surface area contributed by atoms with E-state index in [1.54, 1.807) is 11.1 Å². The second-order valence-corrected chi connectivity index (χ2v) is 4.72. The van der Waals surface area contributed by atoms with Gasteiger partial charge >= 0.3 is 0 Å². The van der Waals surface area contributed by atoms with Gasteiger partial charge in [-0.25, -0.2) is 0 Å². The largest absolute Gasteiger partial charge is 0.396 e. The summed E-state index contributed by atoms with van der Waals surface area (Å²) in [5.74, 6) is -0.000880. The smallest absolute Gasteiger partial charge is 0.244 e. The number of anilines is 1. The monoisotopic (exact) mass is 252 g/mol. The van der Waals surface area contributed by atoms with Crippen molar-refractivity contribution in [3.63, 3.8) is 0 Å². The summed E-state index contributed by atoms with van der Waals surface area (Å²) in [5, 5.41) is 13.1. The molecule has 0 spiro atoms. The van der Waals surface area contributed by atoms with E-state index in [0.29, 0.717) is 12.2 Å². The molecule has 18 heavy (non-hydrogen) atoms. The lowest BCUT2D eigenvalue weighted by Gasteiger charge is -2.28. The summed E-state index contributed by atoms with van der Waals surface area (Å²) in [6.07, 6.45) is 7.56. The predicted octanol–water partition coefficient (Wildman–Crippen LogP) is 0.229. The molecule has 100 valence electrons. The highest BCUT2D eigenvalue weighted by molar-refractivity contribution is 5.76. The first-order chi connectivity index (χ1) is 8.70. The molecule has 1 aliphatic rings. The average Bonchev–Trinajstić information content (AvgIpc) is 2.97. The van der Waals surface area contributed by atoms with Crippen molar-refractivity contribution in [3.05, 3.63) is 12.4 Å². The normalized spacial score (nSPS) is 16.1. The van der Waals surface area contributed by atoms with Gasteiger partial charge in [0, 0.05) is 18.8 Å². The molecule has 6 nitrogen and oxygen atoms in total. The van der Waals surface area contributed by atoms with Gasteiger partial charge in [0.25, 0.3) is 0 Å². The zero-order valence-electron chi connectivity index (χ0n) is 10.5. The number of amides is 1. The molecule has 0 aliphatic heterocycles. The molecule has 0 unspecified atom stereocenters. The lowest BCUT2D eigenvalue weighted by molar-refractivity contribution is -0.134. The molecule has 0 saturated heterocycles. The van der Waals surface area contributed by atoms with Gasteiger partial charge in [0.2, 0.25) is 5.91 Å². The maximum absolute atomic E-state index is 12.2. The standard InChI is InChI=1S/C12H20N4O2/c13-10-7-14-15(8-10)9-12(18)16(5-6-17)11-3-1-2-4-11/h7-8,11,17H,1-6,9,13H2. The topological polar surface area (TPSA) is 84.4 Å². The van der Waals surface area contributed by atoms with Crippen LogP contribution in [-0.4, -0.2) is 44.9 Å².